The fourth-order valence-corrected chi connectivity index (χ4v) is 3.35. The summed E-state index contributed by atoms with van der Waals surface area (Å²) in [4.78, 5) is 38.3. The van der Waals surface area contributed by atoms with Crippen molar-refractivity contribution in [1.82, 2.24) is 10.2 Å². The van der Waals surface area contributed by atoms with Crippen LogP contribution in [0.25, 0.3) is 17.4 Å². The lowest BCUT2D eigenvalue weighted by molar-refractivity contribution is -0.129. The summed E-state index contributed by atoms with van der Waals surface area (Å²) in [7, 11) is 0. The first-order valence-corrected chi connectivity index (χ1v) is 10.2. The second-order valence-electron chi connectivity index (χ2n) is 6.79. The Labute approximate surface area is 188 Å². The molecule has 0 radical (unpaired) electrons. The van der Waals surface area contributed by atoms with Gasteiger partial charge in [-0.05, 0) is 61.6 Å². The molecule has 1 saturated heterocycles. The standard InChI is InChI=1S/C23H18N2O6S/c1-2-29-22(28)15-7-5-14(6-8-15)19-10-9-16(31-19)12-18-20(26)24-23(32)25(21(18)27)13-17-4-3-11-30-17/h3-12H,2,13H2,1H3,(H,24,26,32)/b18-12-. The number of hydrogen-bond donors (Lipinski definition) is 1. The minimum atomic E-state index is -0.604. The maximum Gasteiger partial charge on any atom is 0.338 e. The molecule has 0 unspecified atom stereocenters. The van der Waals surface area contributed by atoms with E-state index >= 15 is 0 Å². The van der Waals surface area contributed by atoms with Crippen LogP contribution in [0.3, 0.4) is 0 Å². The molecule has 9 heteroatoms. The third kappa shape index (κ3) is 4.37. The van der Waals surface area contributed by atoms with Gasteiger partial charge in [0.15, 0.2) is 5.11 Å². The zero-order chi connectivity index (χ0) is 22.7. The molecule has 2 amide bonds. The lowest BCUT2D eigenvalue weighted by Crippen LogP contribution is -2.53. The summed E-state index contributed by atoms with van der Waals surface area (Å²) in [6.45, 7) is 2.14. The van der Waals surface area contributed by atoms with Crippen LogP contribution in [-0.4, -0.2) is 34.4 Å². The van der Waals surface area contributed by atoms with Gasteiger partial charge < -0.3 is 13.6 Å². The molecule has 0 aliphatic carbocycles. The Morgan fingerprint density at radius 3 is 2.62 bits per heavy atom. The number of rotatable bonds is 6. The molecule has 4 rings (SSSR count). The van der Waals surface area contributed by atoms with Crippen LogP contribution in [0.4, 0.5) is 0 Å². The molecule has 1 aliphatic rings. The number of hydrogen-bond acceptors (Lipinski definition) is 7. The minimum absolute atomic E-state index is 0.00961. The van der Waals surface area contributed by atoms with Gasteiger partial charge >= 0.3 is 5.97 Å². The van der Waals surface area contributed by atoms with Crippen LogP contribution >= 0.6 is 12.2 Å². The second kappa shape index (κ2) is 9.03. The van der Waals surface area contributed by atoms with Gasteiger partial charge in [0, 0.05) is 5.56 Å². The fraction of sp³-hybridized carbons (Fsp3) is 0.130. The summed E-state index contributed by atoms with van der Waals surface area (Å²) in [5.41, 5.74) is 1.05. The van der Waals surface area contributed by atoms with E-state index in [2.05, 4.69) is 5.32 Å². The quantitative estimate of drug-likeness (QED) is 0.265. The van der Waals surface area contributed by atoms with Gasteiger partial charge in [0.05, 0.1) is 25.0 Å². The molecule has 0 spiro atoms. The van der Waals surface area contributed by atoms with E-state index in [1.807, 2.05) is 0 Å². The monoisotopic (exact) mass is 450 g/mol. The van der Waals surface area contributed by atoms with Crippen molar-refractivity contribution in [3.05, 3.63) is 77.5 Å². The molecule has 2 aromatic heterocycles. The Morgan fingerprint density at radius 2 is 1.94 bits per heavy atom. The third-order valence-corrected chi connectivity index (χ3v) is 5.00. The lowest BCUT2D eigenvalue weighted by atomic mass is 10.1. The molecule has 162 valence electrons. The van der Waals surface area contributed by atoms with Gasteiger partial charge in [-0.25, -0.2) is 4.79 Å². The average molecular weight is 450 g/mol. The molecule has 32 heavy (non-hydrogen) atoms. The van der Waals surface area contributed by atoms with E-state index in [-0.39, 0.29) is 17.2 Å². The van der Waals surface area contributed by atoms with Crippen molar-refractivity contribution in [2.45, 2.75) is 13.5 Å². The van der Waals surface area contributed by atoms with E-state index < -0.39 is 17.8 Å². The highest BCUT2D eigenvalue weighted by molar-refractivity contribution is 7.80. The van der Waals surface area contributed by atoms with Crippen LogP contribution in [0.5, 0.6) is 0 Å². The zero-order valence-electron chi connectivity index (χ0n) is 17.0. The summed E-state index contributed by atoms with van der Waals surface area (Å²) in [6, 6.07) is 13.5. The average Bonchev–Trinajstić information content (AvgIpc) is 3.47. The number of nitrogens with one attached hydrogen (secondary N) is 1. The first kappa shape index (κ1) is 21.3. The van der Waals surface area contributed by atoms with Gasteiger partial charge in [0.1, 0.15) is 22.9 Å². The maximum absolute atomic E-state index is 12.9. The summed E-state index contributed by atoms with van der Waals surface area (Å²) in [5, 5.41) is 2.52. The number of furan rings is 2. The van der Waals surface area contributed by atoms with E-state index in [4.69, 9.17) is 25.8 Å². The number of esters is 1. The van der Waals surface area contributed by atoms with E-state index in [1.165, 1.54) is 17.2 Å². The zero-order valence-corrected chi connectivity index (χ0v) is 17.8. The molecule has 1 aliphatic heterocycles. The van der Waals surface area contributed by atoms with Crippen molar-refractivity contribution in [1.29, 1.82) is 0 Å². The molecule has 0 atom stereocenters. The van der Waals surface area contributed by atoms with E-state index in [0.717, 1.165) is 5.56 Å². The van der Waals surface area contributed by atoms with Crippen molar-refractivity contribution in [2.75, 3.05) is 6.61 Å². The molecular weight excluding hydrogens is 432 g/mol. The van der Waals surface area contributed by atoms with Crippen LogP contribution < -0.4 is 5.32 Å². The van der Waals surface area contributed by atoms with Gasteiger partial charge in [-0.2, -0.15) is 0 Å². The smallest absolute Gasteiger partial charge is 0.338 e. The Bertz CT molecular complexity index is 1210. The third-order valence-electron chi connectivity index (χ3n) is 4.67. The highest BCUT2D eigenvalue weighted by Gasteiger charge is 2.34. The van der Waals surface area contributed by atoms with E-state index in [9.17, 15) is 14.4 Å². The van der Waals surface area contributed by atoms with Gasteiger partial charge in [0.2, 0.25) is 0 Å². The molecule has 0 saturated carbocycles. The molecule has 1 fully saturated rings. The second-order valence-corrected chi connectivity index (χ2v) is 7.17. The predicted molar refractivity (Wildman–Crippen MR) is 118 cm³/mol. The highest BCUT2D eigenvalue weighted by atomic mass is 32.1. The van der Waals surface area contributed by atoms with Crippen LogP contribution in [0.1, 0.15) is 28.8 Å². The van der Waals surface area contributed by atoms with Gasteiger partial charge in [-0.3, -0.25) is 19.8 Å². The number of carbonyl (C=O) groups excluding carboxylic acids is 3. The fourth-order valence-electron chi connectivity index (χ4n) is 3.11. The van der Waals surface area contributed by atoms with Crippen LogP contribution in [-0.2, 0) is 20.9 Å². The van der Waals surface area contributed by atoms with Gasteiger partial charge in [0.25, 0.3) is 11.8 Å². The van der Waals surface area contributed by atoms with E-state index in [0.29, 0.717) is 29.5 Å². The normalized spacial score (nSPS) is 15.2. The number of nitrogens with zero attached hydrogens (tertiary/aromatic N) is 1. The predicted octanol–water partition coefficient (Wildman–Crippen LogP) is 3.54. The summed E-state index contributed by atoms with van der Waals surface area (Å²) < 4.78 is 16.0. The first-order chi connectivity index (χ1) is 15.5. The van der Waals surface area contributed by atoms with Crippen LogP contribution in [0.15, 0.2) is 69.2 Å². The van der Waals surface area contributed by atoms with E-state index in [1.54, 1.807) is 55.5 Å². The van der Waals surface area contributed by atoms with Crippen molar-refractivity contribution < 1.29 is 28.0 Å². The number of amides is 2. The summed E-state index contributed by atoms with van der Waals surface area (Å²) in [6.07, 6.45) is 2.86. The van der Waals surface area contributed by atoms with Crippen molar-refractivity contribution >= 4 is 41.2 Å². The van der Waals surface area contributed by atoms with Crippen molar-refractivity contribution in [2.24, 2.45) is 0 Å². The molecule has 3 heterocycles. The topological polar surface area (TPSA) is 102 Å². The largest absolute Gasteiger partial charge is 0.467 e. The number of benzene rings is 1. The highest BCUT2D eigenvalue weighted by Crippen LogP contribution is 2.25. The molecular formula is C23H18N2O6S. The van der Waals surface area contributed by atoms with Gasteiger partial charge in [-0.1, -0.05) is 12.1 Å². The SMILES string of the molecule is CCOC(=O)c1ccc(-c2ccc(/C=C3/C(=O)NC(=S)N(Cc4ccco4)C3=O)o2)cc1. The van der Waals surface area contributed by atoms with Crippen LogP contribution in [0, 0.1) is 0 Å². The molecule has 8 nitrogen and oxygen atoms in total. The number of carbonyl (C=O) groups is 3. The Kier molecular flexibility index (Phi) is 6.00. The van der Waals surface area contributed by atoms with Crippen LogP contribution in [0.2, 0.25) is 0 Å². The van der Waals surface area contributed by atoms with Crippen molar-refractivity contribution in [3.8, 4) is 11.3 Å². The van der Waals surface area contributed by atoms with Gasteiger partial charge in [-0.15, -0.1) is 0 Å². The molecule has 0 bridgehead atoms. The number of ether oxygens (including phenoxy) is 1. The Morgan fingerprint density at radius 1 is 1.16 bits per heavy atom. The number of thiocarbonyl (C=S) groups is 1. The Balaban J connectivity index is 1.55. The van der Waals surface area contributed by atoms with Crippen molar-refractivity contribution in [3.63, 3.8) is 0 Å². The Hall–Kier alpha value is -3.98. The first-order valence-electron chi connectivity index (χ1n) is 9.75. The molecule has 1 N–H and O–H groups in total. The summed E-state index contributed by atoms with van der Waals surface area (Å²) in [5.74, 6) is -0.192. The maximum atomic E-state index is 12.9. The minimum Gasteiger partial charge on any atom is -0.467 e. The summed E-state index contributed by atoms with van der Waals surface area (Å²) >= 11 is 5.13. The lowest BCUT2D eigenvalue weighted by Gasteiger charge is -2.27. The molecule has 1 aromatic carbocycles. The molecule has 3 aromatic rings.